The molecule has 146 valence electrons. The van der Waals surface area contributed by atoms with Crippen molar-refractivity contribution in [3.8, 4) is 0 Å². The summed E-state index contributed by atoms with van der Waals surface area (Å²) in [5, 5.41) is 6.46. The Morgan fingerprint density at radius 3 is 2.46 bits per heavy atom. The summed E-state index contributed by atoms with van der Waals surface area (Å²) < 4.78 is 53.6. The van der Waals surface area contributed by atoms with Crippen molar-refractivity contribution < 1.29 is 17.6 Å². The van der Waals surface area contributed by atoms with Gasteiger partial charge in [-0.05, 0) is 17.7 Å². The highest BCUT2D eigenvalue weighted by Crippen LogP contribution is 2.40. The van der Waals surface area contributed by atoms with Crippen LogP contribution in [0, 0.1) is 11.6 Å². The van der Waals surface area contributed by atoms with E-state index in [9.17, 15) is 17.6 Å². The summed E-state index contributed by atoms with van der Waals surface area (Å²) in [5.41, 5.74) is 1.70. The quantitative estimate of drug-likeness (QED) is 0.622. The lowest BCUT2D eigenvalue weighted by Gasteiger charge is -2.17. The van der Waals surface area contributed by atoms with E-state index in [1.165, 1.54) is 12.1 Å². The van der Waals surface area contributed by atoms with Gasteiger partial charge in [-0.1, -0.05) is 42.5 Å². The Morgan fingerprint density at radius 1 is 1.00 bits per heavy atom. The van der Waals surface area contributed by atoms with E-state index in [0.29, 0.717) is 18.8 Å². The Hall–Kier alpha value is -2.67. The van der Waals surface area contributed by atoms with Crippen LogP contribution in [-0.4, -0.2) is 28.2 Å². The average molecular weight is 389 g/mol. The fraction of sp³-hybridized carbons (Fsp3) is 0.286. The maximum absolute atomic E-state index is 14.1. The van der Waals surface area contributed by atoms with E-state index in [0.717, 1.165) is 11.6 Å². The zero-order chi connectivity index (χ0) is 19.7. The SMILES string of the molecule is Fc1cccc(CN2C[C@H](c3ccccc3)[C@@H](c3cc(C(F)F)n[nH]3)C2)c1F. The van der Waals surface area contributed by atoms with Crippen molar-refractivity contribution in [3.63, 3.8) is 0 Å². The van der Waals surface area contributed by atoms with Crippen LogP contribution in [0.15, 0.2) is 54.6 Å². The molecule has 1 N–H and O–H groups in total. The summed E-state index contributed by atoms with van der Waals surface area (Å²) >= 11 is 0. The Labute approximate surface area is 160 Å². The second kappa shape index (κ2) is 7.75. The minimum atomic E-state index is -2.64. The Balaban J connectivity index is 1.62. The smallest absolute Gasteiger partial charge is 0.282 e. The van der Waals surface area contributed by atoms with Crippen LogP contribution in [0.2, 0.25) is 0 Å². The summed E-state index contributed by atoms with van der Waals surface area (Å²) in [6.07, 6.45) is -2.64. The molecule has 2 heterocycles. The van der Waals surface area contributed by atoms with Gasteiger partial charge in [0.1, 0.15) is 5.69 Å². The molecule has 1 fully saturated rings. The molecule has 4 rings (SSSR count). The highest BCUT2D eigenvalue weighted by Gasteiger charge is 2.36. The lowest BCUT2D eigenvalue weighted by molar-refractivity contribution is 0.146. The fourth-order valence-electron chi connectivity index (χ4n) is 3.93. The van der Waals surface area contributed by atoms with Crippen molar-refractivity contribution in [3.05, 3.63) is 88.7 Å². The van der Waals surface area contributed by atoms with Crippen LogP contribution in [0.5, 0.6) is 0 Å². The Morgan fingerprint density at radius 2 is 1.75 bits per heavy atom. The van der Waals surface area contributed by atoms with Crippen molar-refractivity contribution in [2.24, 2.45) is 0 Å². The minimum Gasteiger partial charge on any atom is -0.298 e. The topological polar surface area (TPSA) is 31.9 Å². The van der Waals surface area contributed by atoms with Gasteiger partial charge >= 0.3 is 0 Å². The van der Waals surface area contributed by atoms with Crippen molar-refractivity contribution >= 4 is 0 Å². The third-order valence-electron chi connectivity index (χ3n) is 5.29. The van der Waals surface area contributed by atoms with Crippen molar-refractivity contribution in [2.75, 3.05) is 13.1 Å². The first-order chi connectivity index (χ1) is 13.5. The van der Waals surface area contributed by atoms with Crippen LogP contribution in [0.3, 0.4) is 0 Å². The van der Waals surface area contributed by atoms with E-state index >= 15 is 0 Å². The number of hydrogen-bond acceptors (Lipinski definition) is 2. The maximum atomic E-state index is 14.1. The molecular formula is C21H19F4N3. The largest absolute Gasteiger partial charge is 0.298 e. The molecule has 3 nitrogen and oxygen atoms in total. The highest BCUT2D eigenvalue weighted by molar-refractivity contribution is 5.29. The first-order valence-corrected chi connectivity index (χ1v) is 9.06. The molecule has 0 unspecified atom stereocenters. The van der Waals surface area contributed by atoms with Gasteiger partial charge in [0.15, 0.2) is 11.6 Å². The van der Waals surface area contributed by atoms with Crippen LogP contribution in [-0.2, 0) is 6.54 Å². The summed E-state index contributed by atoms with van der Waals surface area (Å²) in [6, 6.07) is 15.3. The van der Waals surface area contributed by atoms with E-state index in [1.54, 1.807) is 6.07 Å². The van der Waals surface area contributed by atoms with Gasteiger partial charge in [0, 0.05) is 42.7 Å². The number of alkyl halides is 2. The predicted molar refractivity (Wildman–Crippen MR) is 97.1 cm³/mol. The number of H-pyrrole nitrogens is 1. The molecule has 0 spiro atoms. The third-order valence-corrected chi connectivity index (χ3v) is 5.29. The number of halogens is 4. The van der Waals surface area contributed by atoms with Crippen molar-refractivity contribution in [2.45, 2.75) is 24.8 Å². The van der Waals surface area contributed by atoms with Crippen LogP contribution >= 0.6 is 0 Å². The van der Waals surface area contributed by atoms with Crippen molar-refractivity contribution in [1.82, 2.24) is 15.1 Å². The van der Waals surface area contributed by atoms with Crippen molar-refractivity contribution in [1.29, 1.82) is 0 Å². The molecule has 3 aromatic rings. The van der Waals surface area contributed by atoms with Crippen LogP contribution < -0.4 is 0 Å². The fourth-order valence-corrected chi connectivity index (χ4v) is 3.93. The summed E-state index contributed by atoms with van der Waals surface area (Å²) in [6.45, 7) is 1.38. The summed E-state index contributed by atoms with van der Waals surface area (Å²) in [4.78, 5) is 2.02. The molecule has 1 aliphatic rings. The van der Waals surface area contributed by atoms with E-state index < -0.39 is 18.1 Å². The van der Waals surface area contributed by atoms with Gasteiger partial charge in [-0.25, -0.2) is 17.6 Å². The molecule has 1 aromatic heterocycles. The van der Waals surface area contributed by atoms with Gasteiger partial charge in [0.25, 0.3) is 6.43 Å². The molecule has 0 radical (unpaired) electrons. The molecule has 1 saturated heterocycles. The number of aromatic amines is 1. The predicted octanol–water partition coefficient (Wildman–Crippen LogP) is 5.01. The number of likely N-dealkylation sites (tertiary alicyclic amines) is 1. The van der Waals surface area contributed by atoms with Crippen LogP contribution in [0.25, 0.3) is 0 Å². The van der Waals surface area contributed by atoms with E-state index in [1.807, 2.05) is 35.2 Å². The van der Waals surface area contributed by atoms with Gasteiger partial charge in [0.2, 0.25) is 0 Å². The lowest BCUT2D eigenvalue weighted by atomic mass is 9.87. The number of nitrogens with one attached hydrogen (secondary N) is 1. The molecule has 0 aliphatic carbocycles. The second-order valence-electron chi connectivity index (χ2n) is 7.08. The van der Waals surface area contributed by atoms with Crippen LogP contribution in [0.1, 0.15) is 40.8 Å². The second-order valence-corrected chi connectivity index (χ2v) is 7.08. The standard InChI is InChI=1S/C21H19F4N3/c22-17-8-4-7-14(20(17)23)10-28-11-15(13-5-2-1-3-6-13)16(12-28)18-9-19(21(24)25)27-26-18/h1-9,15-16,21H,10-12H2,(H,26,27)/t15-,16+/m1/s1. The third kappa shape index (κ3) is 3.67. The minimum absolute atomic E-state index is 0.0313. The van der Waals surface area contributed by atoms with Crippen LogP contribution in [0.4, 0.5) is 17.6 Å². The normalized spacial score (nSPS) is 20.2. The number of benzene rings is 2. The zero-order valence-corrected chi connectivity index (χ0v) is 15.0. The van der Waals surface area contributed by atoms with Gasteiger partial charge in [-0.2, -0.15) is 5.10 Å². The summed E-state index contributed by atoms with van der Waals surface area (Å²) in [7, 11) is 0. The van der Waals surface area contributed by atoms with Gasteiger partial charge < -0.3 is 0 Å². The monoisotopic (exact) mass is 389 g/mol. The van der Waals surface area contributed by atoms with Gasteiger partial charge in [-0.3, -0.25) is 10.00 Å². The number of nitrogens with zero attached hydrogens (tertiary/aromatic N) is 2. The lowest BCUT2D eigenvalue weighted by Crippen LogP contribution is -2.21. The van der Waals surface area contributed by atoms with E-state index in [-0.39, 0.29) is 29.6 Å². The molecular weight excluding hydrogens is 370 g/mol. The molecule has 0 bridgehead atoms. The maximum Gasteiger partial charge on any atom is 0.282 e. The molecule has 1 aliphatic heterocycles. The molecule has 2 aromatic carbocycles. The van der Waals surface area contributed by atoms with Gasteiger partial charge in [0.05, 0.1) is 0 Å². The first-order valence-electron chi connectivity index (χ1n) is 9.06. The molecule has 0 amide bonds. The number of hydrogen-bond donors (Lipinski definition) is 1. The van der Waals surface area contributed by atoms with E-state index in [2.05, 4.69) is 10.2 Å². The molecule has 2 atom stereocenters. The Kier molecular flexibility index (Phi) is 5.17. The first kappa shape index (κ1) is 18.7. The number of rotatable bonds is 5. The Bertz CT molecular complexity index is 942. The molecule has 0 saturated carbocycles. The molecule has 7 heteroatoms. The van der Waals surface area contributed by atoms with E-state index in [4.69, 9.17) is 0 Å². The average Bonchev–Trinajstić information content (AvgIpc) is 3.33. The molecule has 28 heavy (non-hydrogen) atoms. The summed E-state index contributed by atoms with van der Waals surface area (Å²) in [5.74, 6) is -1.78. The van der Waals surface area contributed by atoms with Gasteiger partial charge in [-0.15, -0.1) is 0 Å². The highest BCUT2D eigenvalue weighted by atomic mass is 19.3. The zero-order valence-electron chi connectivity index (χ0n) is 15.0. The number of aromatic nitrogens is 2.